The maximum absolute atomic E-state index is 12.5. The van der Waals surface area contributed by atoms with Gasteiger partial charge in [0.25, 0.3) is 0 Å². The highest BCUT2D eigenvalue weighted by molar-refractivity contribution is 5.90. The first kappa shape index (κ1) is 14.2. The zero-order chi connectivity index (χ0) is 15.4. The zero-order valence-electron chi connectivity index (χ0n) is 12.7. The van der Waals surface area contributed by atoms with Crippen LogP contribution in [0.4, 0.5) is 4.79 Å². The summed E-state index contributed by atoms with van der Waals surface area (Å²) in [6.07, 6.45) is 1.89. The number of hydrogen-bond donors (Lipinski definition) is 0. The molecular weight excluding hydrogens is 270 g/mol. The van der Waals surface area contributed by atoms with E-state index < -0.39 is 5.60 Å². The summed E-state index contributed by atoms with van der Waals surface area (Å²) in [7, 11) is 0. The minimum Gasteiger partial charge on any atom is -0.444 e. The number of fused-ring (bicyclic) bond motifs is 2. The number of amides is 2. The van der Waals surface area contributed by atoms with Crippen molar-refractivity contribution in [2.45, 2.75) is 63.8 Å². The zero-order valence-corrected chi connectivity index (χ0v) is 12.7. The molecule has 1 saturated carbocycles. The standard InChI is InChI=1S/C15H21N3O3/c1-15(2,3)21-14(20)18-11-6-12(18)13(19)17(8-11)10-4-9(5-10)7-16/h9-12H,4-6,8H2,1-3H3/t9?,10?,11-,12+/m1/s1. The first-order valence-corrected chi connectivity index (χ1v) is 7.51. The smallest absolute Gasteiger partial charge is 0.411 e. The Hall–Kier alpha value is -1.77. The molecule has 0 aromatic rings. The van der Waals surface area contributed by atoms with Gasteiger partial charge in [-0.15, -0.1) is 0 Å². The fourth-order valence-electron chi connectivity index (χ4n) is 3.36. The Kier molecular flexibility index (Phi) is 3.12. The molecular formula is C15H21N3O3. The second kappa shape index (κ2) is 4.62. The van der Waals surface area contributed by atoms with E-state index in [1.165, 1.54) is 0 Å². The number of rotatable bonds is 1. The summed E-state index contributed by atoms with van der Waals surface area (Å²) in [6.45, 7) is 6.05. The molecule has 0 aromatic carbocycles. The van der Waals surface area contributed by atoms with Gasteiger partial charge in [-0.25, -0.2) is 4.79 Å². The van der Waals surface area contributed by atoms with E-state index in [4.69, 9.17) is 10.00 Å². The van der Waals surface area contributed by atoms with Crippen LogP contribution in [0.25, 0.3) is 0 Å². The molecule has 0 aromatic heterocycles. The lowest BCUT2D eigenvalue weighted by atomic mass is 9.77. The summed E-state index contributed by atoms with van der Waals surface area (Å²) in [5.74, 6) is 0.104. The van der Waals surface area contributed by atoms with Crippen molar-refractivity contribution >= 4 is 12.0 Å². The molecule has 3 aliphatic heterocycles. The van der Waals surface area contributed by atoms with Crippen molar-refractivity contribution in [2.75, 3.05) is 6.54 Å². The molecule has 4 rings (SSSR count). The molecule has 2 bridgehead atoms. The van der Waals surface area contributed by atoms with Crippen LogP contribution >= 0.6 is 0 Å². The number of ether oxygens (including phenoxy) is 1. The molecule has 0 spiro atoms. The van der Waals surface area contributed by atoms with E-state index in [0.717, 1.165) is 19.3 Å². The van der Waals surface area contributed by atoms with Gasteiger partial charge in [0.2, 0.25) is 5.91 Å². The van der Waals surface area contributed by atoms with Gasteiger partial charge in [-0.05, 0) is 40.0 Å². The fourth-order valence-corrected chi connectivity index (χ4v) is 3.36. The molecule has 4 fully saturated rings. The van der Waals surface area contributed by atoms with Crippen LogP contribution in [0, 0.1) is 17.2 Å². The molecule has 0 radical (unpaired) electrons. The van der Waals surface area contributed by atoms with E-state index in [-0.39, 0.29) is 36.0 Å². The van der Waals surface area contributed by atoms with E-state index in [9.17, 15) is 9.59 Å². The van der Waals surface area contributed by atoms with Gasteiger partial charge in [-0.3, -0.25) is 9.69 Å². The van der Waals surface area contributed by atoms with Crippen molar-refractivity contribution in [3.05, 3.63) is 0 Å². The van der Waals surface area contributed by atoms with Gasteiger partial charge in [0.15, 0.2) is 0 Å². The minimum absolute atomic E-state index is 0.0183. The highest BCUT2D eigenvalue weighted by Gasteiger charge is 2.56. The van der Waals surface area contributed by atoms with Gasteiger partial charge in [-0.2, -0.15) is 5.26 Å². The van der Waals surface area contributed by atoms with Crippen LogP contribution in [0.1, 0.15) is 40.0 Å². The van der Waals surface area contributed by atoms with Crippen LogP contribution in [0.2, 0.25) is 0 Å². The van der Waals surface area contributed by atoms with Crippen LogP contribution in [-0.2, 0) is 9.53 Å². The molecule has 1 aliphatic carbocycles. The maximum Gasteiger partial charge on any atom is 0.411 e. The van der Waals surface area contributed by atoms with Crippen LogP contribution in [-0.4, -0.2) is 52.1 Å². The lowest BCUT2D eigenvalue weighted by Crippen LogP contribution is -2.74. The Morgan fingerprint density at radius 3 is 2.48 bits per heavy atom. The molecule has 2 atom stereocenters. The summed E-state index contributed by atoms with van der Waals surface area (Å²) >= 11 is 0. The van der Waals surface area contributed by atoms with Crippen LogP contribution in [0.15, 0.2) is 0 Å². The largest absolute Gasteiger partial charge is 0.444 e. The van der Waals surface area contributed by atoms with Crippen molar-refractivity contribution in [3.63, 3.8) is 0 Å². The predicted molar refractivity (Wildman–Crippen MR) is 74.1 cm³/mol. The Balaban J connectivity index is 1.62. The van der Waals surface area contributed by atoms with E-state index in [2.05, 4.69) is 6.07 Å². The molecule has 114 valence electrons. The monoisotopic (exact) mass is 291 g/mol. The van der Waals surface area contributed by atoms with Gasteiger partial charge >= 0.3 is 6.09 Å². The Labute approximate surface area is 124 Å². The summed E-state index contributed by atoms with van der Waals surface area (Å²) in [5, 5.41) is 8.83. The lowest BCUT2D eigenvalue weighted by Gasteiger charge is -2.57. The van der Waals surface area contributed by atoms with Crippen LogP contribution in [0.5, 0.6) is 0 Å². The molecule has 0 unspecified atom stereocenters. The first-order valence-electron chi connectivity index (χ1n) is 7.51. The van der Waals surface area contributed by atoms with E-state index in [1.807, 2.05) is 25.7 Å². The topological polar surface area (TPSA) is 73.6 Å². The highest BCUT2D eigenvalue weighted by Crippen LogP contribution is 2.40. The molecule has 0 N–H and O–H groups in total. The third-order valence-corrected chi connectivity index (χ3v) is 4.54. The van der Waals surface area contributed by atoms with Crippen LogP contribution in [0.3, 0.4) is 0 Å². The van der Waals surface area contributed by atoms with Crippen molar-refractivity contribution in [1.29, 1.82) is 5.26 Å². The third-order valence-electron chi connectivity index (χ3n) is 4.54. The van der Waals surface area contributed by atoms with E-state index >= 15 is 0 Å². The van der Waals surface area contributed by atoms with Gasteiger partial charge in [-0.1, -0.05) is 0 Å². The summed E-state index contributed by atoms with van der Waals surface area (Å²) in [6, 6.07) is 2.14. The molecule has 3 heterocycles. The normalized spacial score (nSPS) is 34.7. The highest BCUT2D eigenvalue weighted by atomic mass is 16.6. The second-order valence-corrected chi connectivity index (χ2v) is 7.23. The van der Waals surface area contributed by atoms with Crippen molar-refractivity contribution in [1.82, 2.24) is 9.80 Å². The molecule has 2 amide bonds. The number of piperidine rings is 1. The Morgan fingerprint density at radius 2 is 1.95 bits per heavy atom. The lowest BCUT2D eigenvalue weighted by molar-refractivity contribution is -0.164. The van der Waals surface area contributed by atoms with E-state index in [1.54, 1.807) is 4.90 Å². The summed E-state index contributed by atoms with van der Waals surface area (Å²) < 4.78 is 5.37. The number of carbonyl (C=O) groups is 2. The number of nitriles is 1. The van der Waals surface area contributed by atoms with Gasteiger partial charge in [0.1, 0.15) is 11.6 Å². The van der Waals surface area contributed by atoms with E-state index in [0.29, 0.717) is 6.54 Å². The first-order chi connectivity index (χ1) is 9.80. The molecule has 3 saturated heterocycles. The number of carbonyl (C=O) groups excluding carboxylic acids is 2. The van der Waals surface area contributed by atoms with Crippen molar-refractivity contribution in [3.8, 4) is 6.07 Å². The molecule has 6 heteroatoms. The van der Waals surface area contributed by atoms with Crippen LogP contribution < -0.4 is 0 Å². The molecule has 6 nitrogen and oxygen atoms in total. The number of piperazine rings is 1. The Morgan fingerprint density at radius 1 is 1.29 bits per heavy atom. The summed E-state index contributed by atoms with van der Waals surface area (Å²) in [5.41, 5.74) is -0.544. The van der Waals surface area contributed by atoms with Gasteiger partial charge in [0, 0.05) is 12.6 Å². The van der Waals surface area contributed by atoms with Crippen molar-refractivity contribution in [2.24, 2.45) is 5.92 Å². The molecule has 4 aliphatic rings. The minimum atomic E-state index is -0.544. The van der Waals surface area contributed by atoms with Gasteiger partial charge in [0.05, 0.1) is 18.0 Å². The quantitative estimate of drug-likeness (QED) is 0.734. The molecule has 21 heavy (non-hydrogen) atoms. The fraction of sp³-hybridized carbons (Fsp3) is 0.800. The SMILES string of the molecule is CC(C)(C)OC(=O)N1[C@@H]2C[C@H]1C(=O)N(C1CC(C#N)C1)C2. The Bertz CT molecular complexity index is 513. The average Bonchev–Trinajstić information content (AvgIpc) is 2.25. The van der Waals surface area contributed by atoms with Gasteiger partial charge < -0.3 is 9.64 Å². The summed E-state index contributed by atoms with van der Waals surface area (Å²) in [4.78, 5) is 28.1. The van der Waals surface area contributed by atoms with Crippen molar-refractivity contribution < 1.29 is 14.3 Å². The third kappa shape index (κ3) is 2.35. The number of nitrogens with zero attached hydrogens (tertiary/aromatic N) is 3. The maximum atomic E-state index is 12.5. The number of hydrogen-bond acceptors (Lipinski definition) is 4. The average molecular weight is 291 g/mol. The second-order valence-electron chi connectivity index (χ2n) is 7.23. The predicted octanol–water partition coefficient (Wildman–Crippen LogP) is 1.51.